The van der Waals surface area contributed by atoms with E-state index >= 15 is 0 Å². The Morgan fingerprint density at radius 2 is 1.92 bits per heavy atom. The Morgan fingerprint density at radius 1 is 1.38 bits per heavy atom. The van der Waals surface area contributed by atoms with Gasteiger partial charge in [0.15, 0.2) is 0 Å². The fraction of sp³-hybridized carbons (Fsp3) is 0.300. The molecular formula is C10H12INO. The van der Waals surface area contributed by atoms with Gasteiger partial charge in [-0.3, -0.25) is 4.79 Å². The summed E-state index contributed by atoms with van der Waals surface area (Å²) in [5.74, 6) is 0. The molecule has 0 fully saturated rings. The minimum atomic E-state index is -0.0137. The van der Waals surface area contributed by atoms with E-state index in [1.165, 1.54) is 16.7 Å². The maximum atomic E-state index is 10.7. The summed E-state index contributed by atoms with van der Waals surface area (Å²) in [6.45, 7) is 4.74. The molecule has 1 aromatic carbocycles. The fourth-order valence-corrected chi connectivity index (χ4v) is 1.48. The summed E-state index contributed by atoms with van der Waals surface area (Å²) in [5.41, 5.74) is 3.67. The molecular weight excluding hydrogens is 277 g/mol. The summed E-state index contributed by atoms with van der Waals surface area (Å²) in [5, 5.41) is 2.79. The molecule has 0 atom stereocenters. The van der Waals surface area contributed by atoms with Gasteiger partial charge in [0.05, 0.1) is 0 Å². The fourth-order valence-electron chi connectivity index (χ4n) is 1.29. The van der Waals surface area contributed by atoms with E-state index < -0.39 is 0 Å². The molecule has 0 aliphatic heterocycles. The van der Waals surface area contributed by atoms with Crippen LogP contribution in [0.2, 0.25) is 0 Å². The number of amides is 1. The molecule has 0 saturated heterocycles. The van der Waals surface area contributed by atoms with Crippen LogP contribution >= 0.6 is 22.6 Å². The number of benzene rings is 1. The van der Waals surface area contributed by atoms with E-state index in [0.717, 1.165) is 0 Å². The summed E-state index contributed by atoms with van der Waals surface area (Å²) in [4.78, 5) is 10.7. The minimum Gasteiger partial charge on any atom is -0.343 e. The van der Waals surface area contributed by atoms with Crippen molar-refractivity contribution < 1.29 is 4.79 Å². The van der Waals surface area contributed by atoms with Crippen molar-refractivity contribution in [2.24, 2.45) is 0 Å². The van der Waals surface area contributed by atoms with Crippen LogP contribution in [-0.2, 0) is 6.54 Å². The van der Waals surface area contributed by atoms with Crippen molar-refractivity contribution in [3.05, 3.63) is 34.9 Å². The van der Waals surface area contributed by atoms with E-state index in [0.29, 0.717) is 6.54 Å². The number of carbonyl (C=O) groups excluding carboxylic acids is 1. The number of hydrogen-bond acceptors (Lipinski definition) is 1. The van der Waals surface area contributed by atoms with Crippen molar-refractivity contribution in [2.75, 3.05) is 0 Å². The standard InChI is InChI=1S/C10H12INO/c1-7-4-3-5-8(2)9(7)6-12-10(11)13/h3-5H,6H2,1-2H3,(H,12,13). The van der Waals surface area contributed by atoms with Gasteiger partial charge in [-0.1, -0.05) is 18.2 Å². The van der Waals surface area contributed by atoms with E-state index in [-0.39, 0.29) is 3.91 Å². The van der Waals surface area contributed by atoms with Crippen molar-refractivity contribution in [2.45, 2.75) is 20.4 Å². The highest BCUT2D eigenvalue weighted by Gasteiger charge is 2.02. The van der Waals surface area contributed by atoms with Crippen LogP contribution in [0.15, 0.2) is 18.2 Å². The van der Waals surface area contributed by atoms with Gasteiger partial charge >= 0.3 is 0 Å². The van der Waals surface area contributed by atoms with Gasteiger partial charge in [-0.15, -0.1) is 0 Å². The SMILES string of the molecule is Cc1cccc(C)c1CNC(=O)I. The maximum Gasteiger partial charge on any atom is 0.280 e. The number of aryl methyl sites for hydroxylation is 2. The summed E-state index contributed by atoms with van der Waals surface area (Å²) in [7, 11) is 0. The number of carbonyl (C=O) groups is 1. The summed E-state index contributed by atoms with van der Waals surface area (Å²) in [6, 6.07) is 6.14. The second-order valence-corrected chi connectivity index (χ2v) is 3.98. The molecule has 0 unspecified atom stereocenters. The molecule has 0 saturated carbocycles. The second-order valence-electron chi connectivity index (χ2n) is 3.00. The van der Waals surface area contributed by atoms with Crippen LogP contribution in [-0.4, -0.2) is 3.91 Å². The zero-order valence-electron chi connectivity index (χ0n) is 7.73. The Labute approximate surface area is 91.9 Å². The lowest BCUT2D eigenvalue weighted by Crippen LogP contribution is -2.16. The molecule has 0 aliphatic carbocycles. The lowest BCUT2D eigenvalue weighted by molar-refractivity contribution is 0.262. The third-order valence-corrected chi connectivity index (χ3v) is 2.43. The molecule has 0 bridgehead atoms. The molecule has 13 heavy (non-hydrogen) atoms. The third-order valence-electron chi connectivity index (χ3n) is 2.05. The molecule has 70 valence electrons. The molecule has 1 amide bonds. The van der Waals surface area contributed by atoms with Gasteiger partial charge in [-0.2, -0.15) is 0 Å². The van der Waals surface area contributed by atoms with Crippen molar-refractivity contribution in [3.63, 3.8) is 0 Å². The van der Waals surface area contributed by atoms with Gasteiger partial charge in [0, 0.05) is 29.1 Å². The third kappa shape index (κ3) is 2.99. The lowest BCUT2D eigenvalue weighted by atomic mass is 10.0. The van der Waals surface area contributed by atoms with Crippen LogP contribution in [0.1, 0.15) is 16.7 Å². The Balaban J connectivity index is 2.81. The molecule has 0 heterocycles. The summed E-state index contributed by atoms with van der Waals surface area (Å²) >= 11 is 1.74. The average Bonchev–Trinajstić information content (AvgIpc) is 2.03. The van der Waals surface area contributed by atoms with Crippen LogP contribution in [0.25, 0.3) is 0 Å². The Bertz CT molecular complexity index is 302. The van der Waals surface area contributed by atoms with E-state index in [2.05, 4.69) is 31.3 Å². The smallest absolute Gasteiger partial charge is 0.280 e. The molecule has 2 nitrogen and oxygen atoms in total. The van der Waals surface area contributed by atoms with Crippen LogP contribution in [0.5, 0.6) is 0 Å². The summed E-state index contributed by atoms with van der Waals surface area (Å²) < 4.78 is -0.0137. The number of nitrogens with one attached hydrogen (secondary N) is 1. The van der Waals surface area contributed by atoms with Gasteiger partial charge in [0.2, 0.25) is 0 Å². The number of rotatable bonds is 2. The van der Waals surface area contributed by atoms with Crippen molar-refractivity contribution in [1.82, 2.24) is 5.32 Å². The first kappa shape index (κ1) is 10.5. The van der Waals surface area contributed by atoms with Crippen molar-refractivity contribution >= 4 is 26.5 Å². The Kier molecular flexibility index (Phi) is 3.71. The highest BCUT2D eigenvalue weighted by atomic mass is 127. The van der Waals surface area contributed by atoms with Crippen molar-refractivity contribution in [1.29, 1.82) is 0 Å². The Hall–Kier alpha value is -0.580. The highest BCUT2D eigenvalue weighted by molar-refractivity contribution is 14.1. The summed E-state index contributed by atoms with van der Waals surface area (Å²) in [6.07, 6.45) is 0. The zero-order chi connectivity index (χ0) is 9.84. The number of hydrogen-bond donors (Lipinski definition) is 1. The van der Waals surface area contributed by atoms with E-state index in [1.807, 2.05) is 6.07 Å². The van der Waals surface area contributed by atoms with Crippen LogP contribution in [0.3, 0.4) is 0 Å². The Morgan fingerprint density at radius 3 is 2.38 bits per heavy atom. The topological polar surface area (TPSA) is 29.1 Å². The highest BCUT2D eigenvalue weighted by Crippen LogP contribution is 2.12. The molecule has 0 aliphatic rings. The van der Waals surface area contributed by atoms with E-state index in [9.17, 15) is 4.79 Å². The van der Waals surface area contributed by atoms with Crippen LogP contribution in [0.4, 0.5) is 4.79 Å². The first-order chi connectivity index (χ1) is 6.11. The predicted octanol–water partition coefficient (Wildman–Crippen LogP) is 2.95. The largest absolute Gasteiger partial charge is 0.343 e. The first-order valence-corrected chi connectivity index (χ1v) is 5.17. The molecule has 0 aromatic heterocycles. The predicted molar refractivity (Wildman–Crippen MR) is 62.2 cm³/mol. The van der Waals surface area contributed by atoms with E-state index in [1.54, 1.807) is 22.6 Å². The molecule has 1 rings (SSSR count). The van der Waals surface area contributed by atoms with Gasteiger partial charge in [-0.05, 0) is 30.5 Å². The van der Waals surface area contributed by atoms with Crippen LogP contribution < -0.4 is 5.32 Å². The molecule has 1 N–H and O–H groups in total. The van der Waals surface area contributed by atoms with Crippen LogP contribution in [0, 0.1) is 13.8 Å². The quantitative estimate of drug-likeness (QED) is 0.506. The normalized spacial score (nSPS) is 9.77. The van der Waals surface area contributed by atoms with Gasteiger partial charge in [-0.25, -0.2) is 0 Å². The van der Waals surface area contributed by atoms with Crippen molar-refractivity contribution in [3.8, 4) is 0 Å². The van der Waals surface area contributed by atoms with Gasteiger partial charge in [0.1, 0.15) is 0 Å². The zero-order valence-corrected chi connectivity index (χ0v) is 9.88. The molecule has 1 aromatic rings. The monoisotopic (exact) mass is 289 g/mol. The minimum absolute atomic E-state index is 0.0137. The molecule has 0 spiro atoms. The maximum absolute atomic E-state index is 10.7. The first-order valence-electron chi connectivity index (χ1n) is 4.09. The number of halogens is 1. The van der Waals surface area contributed by atoms with Gasteiger partial charge in [0.25, 0.3) is 3.91 Å². The van der Waals surface area contributed by atoms with E-state index in [4.69, 9.17) is 0 Å². The lowest BCUT2D eigenvalue weighted by Gasteiger charge is -2.08. The second kappa shape index (κ2) is 4.60. The molecule has 0 radical (unpaired) electrons. The van der Waals surface area contributed by atoms with Gasteiger partial charge < -0.3 is 5.32 Å². The average molecular weight is 289 g/mol. The molecule has 3 heteroatoms.